The van der Waals surface area contributed by atoms with Crippen molar-refractivity contribution >= 4 is 5.91 Å². The largest absolute Gasteiger partial charge is 0.394 e. The highest BCUT2D eigenvalue weighted by Gasteiger charge is 2.22. The fourth-order valence-electron chi connectivity index (χ4n) is 1.23. The number of nitrogens with one attached hydrogen (secondary N) is 2. The lowest BCUT2D eigenvalue weighted by molar-refractivity contribution is 0.0904. The van der Waals surface area contributed by atoms with Crippen LogP contribution in [0.4, 0.5) is 0 Å². The highest BCUT2D eigenvalue weighted by atomic mass is 16.3. The van der Waals surface area contributed by atoms with Crippen LogP contribution in [-0.2, 0) is 5.41 Å². The van der Waals surface area contributed by atoms with Gasteiger partial charge in [-0.1, -0.05) is 27.7 Å². The molecule has 6 nitrogen and oxygen atoms in total. The first-order valence-corrected chi connectivity index (χ1v) is 5.73. The number of hydrogen-bond acceptors (Lipinski definition) is 4. The second-order valence-electron chi connectivity index (χ2n) is 5.02. The van der Waals surface area contributed by atoms with Crippen LogP contribution in [0.1, 0.15) is 50.6 Å². The number of hydrogen-bond donors (Lipinski definition) is 3. The molecular weight excluding hydrogens is 220 g/mol. The Morgan fingerprint density at radius 3 is 2.59 bits per heavy atom. The number of carbonyl (C=O) groups excluding carboxylic acids is 1. The monoisotopic (exact) mass is 240 g/mol. The Balaban J connectivity index is 2.74. The van der Waals surface area contributed by atoms with E-state index in [4.69, 9.17) is 5.11 Å². The summed E-state index contributed by atoms with van der Waals surface area (Å²) in [6, 6.07) is -0.251. The molecular formula is C11H20N4O2. The fraction of sp³-hybridized carbons (Fsp3) is 0.727. The molecule has 6 heteroatoms. The molecule has 0 fully saturated rings. The number of nitrogens with zero attached hydrogens (tertiary/aromatic N) is 2. The maximum absolute atomic E-state index is 11.7. The molecule has 0 aliphatic rings. The summed E-state index contributed by atoms with van der Waals surface area (Å²) in [4.78, 5) is 15.9. The van der Waals surface area contributed by atoms with Crippen molar-refractivity contribution < 1.29 is 9.90 Å². The molecule has 0 aliphatic heterocycles. The van der Waals surface area contributed by atoms with Crippen molar-refractivity contribution in [1.29, 1.82) is 0 Å². The minimum atomic E-state index is -0.363. The smallest absolute Gasteiger partial charge is 0.291 e. The van der Waals surface area contributed by atoms with E-state index < -0.39 is 0 Å². The van der Waals surface area contributed by atoms with Gasteiger partial charge in [-0.05, 0) is 6.42 Å². The molecule has 1 heterocycles. The molecule has 1 rings (SSSR count). The van der Waals surface area contributed by atoms with Gasteiger partial charge in [0.25, 0.3) is 5.91 Å². The molecule has 0 spiro atoms. The topological polar surface area (TPSA) is 90.9 Å². The molecule has 1 amide bonds. The molecule has 0 aliphatic carbocycles. The van der Waals surface area contributed by atoms with E-state index in [0.717, 1.165) is 0 Å². The van der Waals surface area contributed by atoms with Gasteiger partial charge in [0.15, 0.2) is 0 Å². The Labute approximate surface area is 101 Å². The van der Waals surface area contributed by atoms with Crippen LogP contribution in [0.2, 0.25) is 0 Å². The number of aromatic nitrogens is 3. The van der Waals surface area contributed by atoms with Gasteiger partial charge in [0, 0.05) is 5.41 Å². The number of H-pyrrole nitrogens is 1. The lowest BCUT2D eigenvalue weighted by Crippen LogP contribution is -2.37. The summed E-state index contributed by atoms with van der Waals surface area (Å²) in [5.74, 6) is 0.416. The Bertz CT molecular complexity index is 377. The van der Waals surface area contributed by atoms with E-state index in [2.05, 4.69) is 20.5 Å². The van der Waals surface area contributed by atoms with Crippen molar-refractivity contribution in [3.8, 4) is 0 Å². The van der Waals surface area contributed by atoms with Crippen LogP contribution in [0.25, 0.3) is 0 Å². The Morgan fingerprint density at radius 2 is 2.18 bits per heavy atom. The van der Waals surface area contributed by atoms with E-state index in [0.29, 0.717) is 12.2 Å². The third kappa shape index (κ3) is 3.52. The normalized spacial score (nSPS) is 13.5. The van der Waals surface area contributed by atoms with Crippen molar-refractivity contribution in [2.45, 2.75) is 45.6 Å². The molecule has 0 bridgehead atoms. The van der Waals surface area contributed by atoms with Crippen LogP contribution in [0.15, 0.2) is 0 Å². The first kappa shape index (κ1) is 13.6. The van der Waals surface area contributed by atoms with Crippen molar-refractivity contribution in [2.24, 2.45) is 0 Å². The first-order valence-electron chi connectivity index (χ1n) is 5.73. The Kier molecular flexibility index (Phi) is 4.22. The zero-order valence-corrected chi connectivity index (χ0v) is 10.7. The number of aliphatic hydroxyl groups excluding tert-OH is 1. The number of aromatic amines is 1. The molecule has 17 heavy (non-hydrogen) atoms. The summed E-state index contributed by atoms with van der Waals surface area (Å²) in [6.07, 6.45) is 0.665. The highest BCUT2D eigenvalue weighted by Crippen LogP contribution is 2.17. The lowest BCUT2D eigenvalue weighted by Gasteiger charge is -2.13. The van der Waals surface area contributed by atoms with Crippen molar-refractivity contribution in [2.75, 3.05) is 6.61 Å². The molecule has 1 aromatic heterocycles. The van der Waals surface area contributed by atoms with E-state index in [-0.39, 0.29) is 29.8 Å². The van der Waals surface area contributed by atoms with E-state index in [1.165, 1.54) is 0 Å². The molecule has 1 atom stereocenters. The zero-order chi connectivity index (χ0) is 13.1. The SMILES string of the molecule is CCC(CO)NC(=O)c1n[nH]c(C(C)(C)C)n1. The van der Waals surface area contributed by atoms with E-state index in [1.807, 2.05) is 27.7 Å². The summed E-state index contributed by atoms with van der Waals surface area (Å²) >= 11 is 0. The lowest BCUT2D eigenvalue weighted by atomic mass is 9.96. The summed E-state index contributed by atoms with van der Waals surface area (Å²) in [5.41, 5.74) is -0.174. The third-order valence-corrected chi connectivity index (χ3v) is 2.45. The van der Waals surface area contributed by atoms with Crippen LogP contribution in [0.3, 0.4) is 0 Å². The van der Waals surface area contributed by atoms with Gasteiger partial charge >= 0.3 is 0 Å². The highest BCUT2D eigenvalue weighted by molar-refractivity contribution is 5.90. The molecule has 0 radical (unpaired) electrons. The number of amides is 1. The number of aliphatic hydroxyl groups is 1. The standard InChI is InChI=1S/C11H20N4O2/c1-5-7(6-16)12-9(17)8-13-10(15-14-8)11(2,3)4/h7,16H,5-6H2,1-4H3,(H,12,17)(H,13,14,15). The van der Waals surface area contributed by atoms with Gasteiger partial charge in [-0.2, -0.15) is 0 Å². The molecule has 0 aromatic carbocycles. The van der Waals surface area contributed by atoms with Crippen molar-refractivity contribution in [3.63, 3.8) is 0 Å². The summed E-state index contributed by atoms with van der Waals surface area (Å²) < 4.78 is 0. The van der Waals surface area contributed by atoms with E-state index in [9.17, 15) is 4.79 Å². The number of rotatable bonds is 4. The van der Waals surface area contributed by atoms with Gasteiger partial charge in [0.1, 0.15) is 5.82 Å². The van der Waals surface area contributed by atoms with Crippen molar-refractivity contribution in [3.05, 3.63) is 11.6 Å². The van der Waals surface area contributed by atoms with Gasteiger partial charge in [-0.25, -0.2) is 4.98 Å². The minimum Gasteiger partial charge on any atom is -0.394 e. The Hall–Kier alpha value is -1.43. The quantitative estimate of drug-likeness (QED) is 0.719. The van der Waals surface area contributed by atoms with Crippen LogP contribution >= 0.6 is 0 Å². The van der Waals surface area contributed by atoms with Gasteiger partial charge in [0.05, 0.1) is 12.6 Å². The molecule has 3 N–H and O–H groups in total. The van der Waals surface area contributed by atoms with Gasteiger partial charge in [-0.3, -0.25) is 9.89 Å². The first-order chi connectivity index (χ1) is 7.88. The predicted octanol–water partition coefficient (Wildman–Crippen LogP) is 0.603. The summed E-state index contributed by atoms with van der Waals surface area (Å²) in [7, 11) is 0. The molecule has 96 valence electrons. The second kappa shape index (κ2) is 5.27. The number of carbonyl (C=O) groups is 1. The van der Waals surface area contributed by atoms with E-state index in [1.54, 1.807) is 0 Å². The molecule has 1 aromatic rings. The average Bonchev–Trinajstić information content (AvgIpc) is 2.74. The fourth-order valence-corrected chi connectivity index (χ4v) is 1.23. The third-order valence-electron chi connectivity index (χ3n) is 2.45. The van der Waals surface area contributed by atoms with Crippen molar-refractivity contribution in [1.82, 2.24) is 20.5 Å². The molecule has 1 unspecified atom stereocenters. The second-order valence-corrected chi connectivity index (χ2v) is 5.02. The predicted molar refractivity (Wildman–Crippen MR) is 63.7 cm³/mol. The van der Waals surface area contributed by atoms with Crippen LogP contribution in [0, 0.1) is 0 Å². The van der Waals surface area contributed by atoms with Crippen LogP contribution in [-0.4, -0.2) is 38.8 Å². The Morgan fingerprint density at radius 1 is 1.53 bits per heavy atom. The maximum Gasteiger partial charge on any atom is 0.291 e. The van der Waals surface area contributed by atoms with Gasteiger partial charge in [-0.15, -0.1) is 5.10 Å². The van der Waals surface area contributed by atoms with Gasteiger partial charge in [0.2, 0.25) is 5.82 Å². The van der Waals surface area contributed by atoms with E-state index >= 15 is 0 Å². The zero-order valence-electron chi connectivity index (χ0n) is 10.7. The van der Waals surface area contributed by atoms with Gasteiger partial charge < -0.3 is 10.4 Å². The molecule has 0 saturated carbocycles. The van der Waals surface area contributed by atoms with Crippen LogP contribution in [0.5, 0.6) is 0 Å². The molecule has 0 saturated heterocycles. The summed E-state index contributed by atoms with van der Waals surface area (Å²) in [5, 5.41) is 18.3. The average molecular weight is 240 g/mol. The minimum absolute atomic E-state index is 0.0845. The maximum atomic E-state index is 11.7. The van der Waals surface area contributed by atoms with Crippen LogP contribution < -0.4 is 5.32 Å². The summed E-state index contributed by atoms with van der Waals surface area (Å²) in [6.45, 7) is 7.76.